The second-order valence-corrected chi connectivity index (χ2v) is 16.9. The molecular weight excluding hydrogens is 762 g/mol. The number of amides is 1. The first-order chi connectivity index (χ1) is 28.6. The first-order valence-electron chi connectivity index (χ1n) is 23.4. The Hall–Kier alpha value is -1.27. The minimum Gasteiger partial charge on any atom is -0.394 e. The Balaban J connectivity index is 1.80. The molecule has 0 aromatic heterocycles. The monoisotopic (exact) mass is 848 g/mol. The Bertz CT molecular complexity index is 1050. The number of allylic oxidation sites excluding steroid dienone is 1. The summed E-state index contributed by atoms with van der Waals surface area (Å²) in [5.74, 6) is -0.242. The molecular formula is C45H85NO13. The SMILES string of the molecule is CCCCCCC/C=C/C(O)C(COC1OC(CO)C(OC2OC(CO)C(O)C(O)C2O)C(O)C1O)NC(=O)CCCCCCCCCCCCCCCCCCCC. The van der Waals surface area contributed by atoms with E-state index in [4.69, 9.17) is 18.9 Å². The van der Waals surface area contributed by atoms with Gasteiger partial charge in [-0.15, -0.1) is 0 Å². The molecule has 0 bridgehead atoms. The molecule has 12 unspecified atom stereocenters. The van der Waals surface area contributed by atoms with E-state index in [9.17, 15) is 45.6 Å². The van der Waals surface area contributed by atoms with Crippen LogP contribution in [0.3, 0.4) is 0 Å². The third-order valence-corrected chi connectivity index (χ3v) is 11.7. The summed E-state index contributed by atoms with van der Waals surface area (Å²) in [5.41, 5.74) is 0. The van der Waals surface area contributed by atoms with Gasteiger partial charge in [-0.2, -0.15) is 0 Å². The standard InChI is InChI=1S/C45H85NO13/c1-3-5-7-9-11-12-13-14-15-16-17-18-19-20-21-23-25-27-29-37(50)46-33(34(49)28-26-24-22-10-8-6-4-2)32-56-44-42(55)40(53)43(36(31-48)58-44)59-45-41(54)39(52)38(51)35(30-47)57-45/h26,28,33-36,38-45,47-49,51-55H,3-25,27,29-32H2,1-2H3,(H,46,50)/b28-26+. The minimum atomic E-state index is -1.78. The van der Waals surface area contributed by atoms with Crippen LogP contribution in [0.1, 0.15) is 174 Å². The minimum absolute atomic E-state index is 0.242. The van der Waals surface area contributed by atoms with E-state index >= 15 is 0 Å². The average Bonchev–Trinajstić information content (AvgIpc) is 3.23. The number of carbonyl (C=O) groups is 1. The van der Waals surface area contributed by atoms with Gasteiger partial charge in [-0.05, 0) is 19.3 Å². The molecule has 0 spiro atoms. The molecule has 9 N–H and O–H groups in total. The van der Waals surface area contributed by atoms with Gasteiger partial charge in [0.15, 0.2) is 12.6 Å². The van der Waals surface area contributed by atoms with Crippen molar-refractivity contribution in [2.45, 2.75) is 248 Å². The maximum absolute atomic E-state index is 13.1. The van der Waals surface area contributed by atoms with Gasteiger partial charge >= 0.3 is 0 Å². The predicted octanol–water partition coefficient (Wildman–Crippen LogP) is 4.82. The number of hydrogen-bond acceptors (Lipinski definition) is 13. The summed E-state index contributed by atoms with van der Waals surface area (Å²) in [6.07, 6.45) is 15.8. The highest BCUT2D eigenvalue weighted by atomic mass is 16.7. The average molecular weight is 848 g/mol. The lowest BCUT2D eigenvalue weighted by Gasteiger charge is -2.46. The maximum atomic E-state index is 13.1. The first kappa shape index (κ1) is 53.9. The number of hydrogen-bond donors (Lipinski definition) is 9. The zero-order valence-electron chi connectivity index (χ0n) is 36.5. The van der Waals surface area contributed by atoms with Gasteiger partial charge in [0.2, 0.25) is 5.91 Å². The van der Waals surface area contributed by atoms with E-state index in [0.29, 0.717) is 6.42 Å². The predicted molar refractivity (Wildman–Crippen MR) is 226 cm³/mol. The lowest BCUT2D eigenvalue weighted by molar-refractivity contribution is -0.359. The largest absolute Gasteiger partial charge is 0.394 e. The van der Waals surface area contributed by atoms with Gasteiger partial charge in [0, 0.05) is 6.42 Å². The molecule has 12 atom stereocenters. The molecule has 0 aliphatic carbocycles. The molecule has 2 aliphatic heterocycles. The van der Waals surface area contributed by atoms with Crippen molar-refractivity contribution in [3.63, 3.8) is 0 Å². The fraction of sp³-hybridized carbons (Fsp3) is 0.933. The second-order valence-electron chi connectivity index (χ2n) is 16.9. The normalized spacial score (nSPS) is 28.6. The van der Waals surface area contributed by atoms with E-state index < -0.39 is 86.8 Å². The summed E-state index contributed by atoms with van der Waals surface area (Å²) >= 11 is 0. The van der Waals surface area contributed by atoms with E-state index in [1.807, 2.05) is 6.08 Å². The van der Waals surface area contributed by atoms with Crippen LogP contribution in [0.4, 0.5) is 0 Å². The van der Waals surface area contributed by atoms with Gasteiger partial charge in [-0.1, -0.05) is 161 Å². The number of rotatable bonds is 35. The molecule has 0 saturated carbocycles. The topological polar surface area (TPSA) is 228 Å². The van der Waals surface area contributed by atoms with Crippen LogP contribution in [-0.2, 0) is 23.7 Å². The van der Waals surface area contributed by atoms with Crippen LogP contribution in [0.25, 0.3) is 0 Å². The Labute approximate surface area is 355 Å². The summed E-state index contributed by atoms with van der Waals surface area (Å²) in [5, 5.41) is 86.2. The number of ether oxygens (including phenoxy) is 4. The third kappa shape index (κ3) is 21.6. The molecule has 2 heterocycles. The summed E-state index contributed by atoms with van der Waals surface area (Å²) in [4.78, 5) is 13.1. The highest BCUT2D eigenvalue weighted by molar-refractivity contribution is 5.76. The summed E-state index contributed by atoms with van der Waals surface area (Å²) in [7, 11) is 0. The van der Waals surface area contributed by atoms with Crippen molar-refractivity contribution in [2.75, 3.05) is 19.8 Å². The van der Waals surface area contributed by atoms with Crippen molar-refractivity contribution in [1.29, 1.82) is 0 Å². The molecule has 2 saturated heterocycles. The second kappa shape index (κ2) is 33.3. The van der Waals surface area contributed by atoms with Crippen LogP contribution >= 0.6 is 0 Å². The van der Waals surface area contributed by atoms with Crippen LogP contribution < -0.4 is 5.32 Å². The van der Waals surface area contributed by atoms with Crippen LogP contribution in [-0.4, -0.2) is 140 Å². The maximum Gasteiger partial charge on any atom is 0.220 e. The number of nitrogens with one attached hydrogen (secondary N) is 1. The molecule has 0 radical (unpaired) electrons. The van der Waals surface area contributed by atoms with Gasteiger partial charge in [-0.25, -0.2) is 0 Å². The molecule has 0 aromatic carbocycles. The lowest BCUT2D eigenvalue weighted by Crippen LogP contribution is -2.65. The Kier molecular flexibility index (Phi) is 30.4. The molecule has 1 amide bonds. The zero-order valence-corrected chi connectivity index (χ0v) is 36.5. The van der Waals surface area contributed by atoms with Gasteiger partial charge in [-0.3, -0.25) is 4.79 Å². The van der Waals surface area contributed by atoms with Crippen LogP contribution in [0.2, 0.25) is 0 Å². The molecule has 0 aromatic rings. The highest BCUT2D eigenvalue weighted by Gasteiger charge is 2.50. The van der Waals surface area contributed by atoms with Gasteiger partial charge in [0.25, 0.3) is 0 Å². The zero-order chi connectivity index (χ0) is 43.3. The molecule has 14 heteroatoms. The number of aliphatic hydroxyl groups excluding tert-OH is 8. The fourth-order valence-electron chi connectivity index (χ4n) is 7.82. The van der Waals surface area contributed by atoms with Crippen LogP contribution in [0.5, 0.6) is 0 Å². The lowest BCUT2D eigenvalue weighted by atomic mass is 9.97. The Morgan fingerprint density at radius 2 is 1.05 bits per heavy atom. The van der Waals surface area contributed by atoms with Crippen molar-refractivity contribution < 1.29 is 64.6 Å². The number of carbonyl (C=O) groups excluding carboxylic acids is 1. The summed E-state index contributed by atoms with van der Waals surface area (Å²) in [6.45, 7) is 2.71. The van der Waals surface area contributed by atoms with Crippen molar-refractivity contribution in [1.82, 2.24) is 5.32 Å². The molecule has 2 rings (SSSR count). The van der Waals surface area contributed by atoms with Gasteiger partial charge in [0.05, 0.1) is 32.0 Å². The first-order valence-corrected chi connectivity index (χ1v) is 23.4. The van der Waals surface area contributed by atoms with E-state index in [2.05, 4.69) is 19.2 Å². The Morgan fingerprint density at radius 1 is 0.593 bits per heavy atom. The fourth-order valence-corrected chi connectivity index (χ4v) is 7.82. The smallest absolute Gasteiger partial charge is 0.220 e. The number of unbranched alkanes of at least 4 members (excludes halogenated alkanes) is 22. The molecule has 2 fully saturated rings. The van der Waals surface area contributed by atoms with E-state index in [1.54, 1.807) is 6.08 Å². The third-order valence-electron chi connectivity index (χ3n) is 11.7. The summed E-state index contributed by atoms with van der Waals surface area (Å²) < 4.78 is 22.6. The summed E-state index contributed by atoms with van der Waals surface area (Å²) in [6, 6.07) is -0.905. The van der Waals surface area contributed by atoms with E-state index in [0.717, 1.165) is 51.4 Å². The molecule has 2 aliphatic rings. The van der Waals surface area contributed by atoms with Crippen molar-refractivity contribution in [2.24, 2.45) is 0 Å². The molecule has 59 heavy (non-hydrogen) atoms. The van der Waals surface area contributed by atoms with Crippen LogP contribution in [0, 0.1) is 0 Å². The van der Waals surface area contributed by atoms with Gasteiger partial charge < -0.3 is 65.1 Å². The van der Waals surface area contributed by atoms with E-state index in [-0.39, 0.29) is 18.9 Å². The quantitative estimate of drug-likeness (QED) is 0.0308. The van der Waals surface area contributed by atoms with Crippen molar-refractivity contribution in [3.05, 3.63) is 12.2 Å². The Morgan fingerprint density at radius 3 is 1.56 bits per heavy atom. The highest BCUT2D eigenvalue weighted by Crippen LogP contribution is 2.30. The van der Waals surface area contributed by atoms with Crippen LogP contribution in [0.15, 0.2) is 12.2 Å². The molecule has 14 nitrogen and oxygen atoms in total. The van der Waals surface area contributed by atoms with Crippen molar-refractivity contribution in [3.8, 4) is 0 Å². The number of aliphatic hydroxyl groups is 8. The molecule has 348 valence electrons. The van der Waals surface area contributed by atoms with Gasteiger partial charge in [0.1, 0.15) is 48.8 Å². The van der Waals surface area contributed by atoms with E-state index in [1.165, 1.54) is 96.3 Å². The van der Waals surface area contributed by atoms with Crippen molar-refractivity contribution >= 4 is 5.91 Å².